The van der Waals surface area contributed by atoms with Crippen LogP contribution in [-0.4, -0.2) is 29.3 Å². The van der Waals surface area contributed by atoms with E-state index in [1.54, 1.807) is 0 Å². The van der Waals surface area contributed by atoms with Crippen molar-refractivity contribution in [2.75, 3.05) is 13.1 Å². The molecule has 1 heterocycles. The van der Waals surface area contributed by atoms with E-state index in [0.717, 1.165) is 41.5 Å². The third-order valence-corrected chi connectivity index (χ3v) is 4.84. The highest BCUT2D eigenvalue weighted by Crippen LogP contribution is 2.26. The minimum Gasteiger partial charge on any atom is -0.339 e. The van der Waals surface area contributed by atoms with Crippen LogP contribution in [0.5, 0.6) is 0 Å². The smallest absolute Gasteiger partial charge is 0.254 e. The summed E-state index contributed by atoms with van der Waals surface area (Å²) >= 11 is 9.61. The first-order chi connectivity index (χ1) is 8.99. The van der Waals surface area contributed by atoms with E-state index in [0.29, 0.717) is 5.92 Å². The zero-order chi connectivity index (χ0) is 14.0. The third-order valence-electron chi connectivity index (χ3n) is 3.83. The van der Waals surface area contributed by atoms with Gasteiger partial charge in [0.25, 0.3) is 5.91 Å². The van der Waals surface area contributed by atoms with Crippen molar-refractivity contribution in [2.45, 2.75) is 32.1 Å². The molecule has 0 bridgehead atoms. The molecule has 0 spiro atoms. The molecule has 0 saturated carbocycles. The number of amides is 1. The predicted molar refractivity (Wildman–Crippen MR) is 82.8 cm³/mol. The van der Waals surface area contributed by atoms with Crippen LogP contribution in [0.15, 0.2) is 22.7 Å². The summed E-state index contributed by atoms with van der Waals surface area (Å²) < 4.78 is 0.880. The Morgan fingerprint density at radius 2 is 2.05 bits per heavy atom. The van der Waals surface area contributed by atoms with Crippen LogP contribution in [0, 0.1) is 12.8 Å². The average molecular weight is 345 g/mol. The van der Waals surface area contributed by atoms with Gasteiger partial charge in [-0.2, -0.15) is 0 Å². The fourth-order valence-corrected chi connectivity index (χ4v) is 3.44. The van der Waals surface area contributed by atoms with Crippen LogP contribution in [0.1, 0.15) is 35.7 Å². The van der Waals surface area contributed by atoms with Gasteiger partial charge in [0.1, 0.15) is 0 Å². The number of rotatable bonds is 2. The number of alkyl halides is 1. The Hall–Kier alpha value is -0.540. The van der Waals surface area contributed by atoms with E-state index in [1.165, 1.54) is 0 Å². The van der Waals surface area contributed by atoms with Gasteiger partial charge in [0, 0.05) is 22.9 Å². The lowest BCUT2D eigenvalue weighted by Gasteiger charge is -2.33. The van der Waals surface area contributed by atoms with Crippen LogP contribution >= 0.6 is 27.5 Å². The molecule has 1 saturated heterocycles. The maximum Gasteiger partial charge on any atom is 0.254 e. The summed E-state index contributed by atoms with van der Waals surface area (Å²) in [7, 11) is 0. The molecular weight excluding hydrogens is 326 g/mol. The number of aryl methyl sites for hydroxylation is 1. The molecule has 19 heavy (non-hydrogen) atoms. The molecule has 1 atom stereocenters. The number of hydrogen-bond donors (Lipinski definition) is 0. The summed E-state index contributed by atoms with van der Waals surface area (Å²) in [6.45, 7) is 5.67. The number of piperidine rings is 1. The highest BCUT2D eigenvalue weighted by Gasteiger charge is 2.26. The molecule has 0 N–H and O–H groups in total. The Balaban J connectivity index is 2.05. The molecule has 1 fully saturated rings. The number of benzene rings is 1. The monoisotopic (exact) mass is 343 g/mol. The fraction of sp³-hybridized carbons (Fsp3) is 0.533. The van der Waals surface area contributed by atoms with Gasteiger partial charge in [0.05, 0.1) is 5.56 Å². The van der Waals surface area contributed by atoms with Gasteiger partial charge in [-0.3, -0.25) is 4.79 Å². The number of likely N-dealkylation sites (tertiary alicyclic amines) is 1. The molecule has 1 aliphatic rings. The van der Waals surface area contributed by atoms with Crippen LogP contribution < -0.4 is 0 Å². The number of halogens is 2. The Bertz CT molecular complexity index is 467. The van der Waals surface area contributed by atoms with E-state index in [9.17, 15) is 4.79 Å². The van der Waals surface area contributed by atoms with E-state index in [-0.39, 0.29) is 11.3 Å². The summed E-state index contributed by atoms with van der Waals surface area (Å²) in [5.74, 6) is 0.653. The summed E-state index contributed by atoms with van der Waals surface area (Å²) in [5.41, 5.74) is 1.90. The zero-order valence-electron chi connectivity index (χ0n) is 11.3. The van der Waals surface area contributed by atoms with Crippen molar-refractivity contribution >= 4 is 33.4 Å². The molecular formula is C15H19BrClNO. The van der Waals surface area contributed by atoms with Crippen LogP contribution in [-0.2, 0) is 0 Å². The van der Waals surface area contributed by atoms with Gasteiger partial charge in [0.15, 0.2) is 0 Å². The lowest BCUT2D eigenvalue weighted by molar-refractivity contribution is 0.0689. The topological polar surface area (TPSA) is 20.3 Å². The summed E-state index contributed by atoms with van der Waals surface area (Å²) in [5, 5.41) is 0.198. The molecule has 0 aromatic heterocycles. The number of carbonyl (C=O) groups is 1. The summed E-state index contributed by atoms with van der Waals surface area (Å²) in [4.78, 5) is 14.4. The van der Waals surface area contributed by atoms with Gasteiger partial charge in [0.2, 0.25) is 0 Å². The van der Waals surface area contributed by atoms with Crippen molar-refractivity contribution in [1.82, 2.24) is 4.90 Å². The normalized spacial score (nSPS) is 18.4. The zero-order valence-corrected chi connectivity index (χ0v) is 13.7. The molecule has 0 aliphatic carbocycles. The average Bonchev–Trinajstić information content (AvgIpc) is 2.38. The summed E-state index contributed by atoms with van der Waals surface area (Å²) in [6.07, 6.45) is 2.00. The van der Waals surface area contributed by atoms with Gasteiger partial charge in [-0.05, 0) is 66.2 Å². The highest BCUT2D eigenvalue weighted by atomic mass is 79.9. The lowest BCUT2D eigenvalue weighted by Crippen LogP contribution is -2.40. The predicted octanol–water partition coefficient (Wildman–Crippen LogP) is 4.24. The molecule has 4 heteroatoms. The molecule has 1 aromatic carbocycles. The van der Waals surface area contributed by atoms with Crippen molar-refractivity contribution in [1.29, 1.82) is 0 Å². The van der Waals surface area contributed by atoms with Crippen LogP contribution in [0.3, 0.4) is 0 Å². The summed E-state index contributed by atoms with van der Waals surface area (Å²) in [6, 6.07) is 5.87. The Morgan fingerprint density at radius 1 is 1.42 bits per heavy atom. The first kappa shape index (κ1) is 14.9. The number of nitrogens with zero attached hydrogens (tertiary/aromatic N) is 1. The molecule has 1 amide bonds. The number of hydrogen-bond acceptors (Lipinski definition) is 1. The van der Waals surface area contributed by atoms with Crippen LogP contribution in [0.2, 0.25) is 0 Å². The van der Waals surface area contributed by atoms with Crippen molar-refractivity contribution in [3.8, 4) is 0 Å². The second kappa shape index (κ2) is 6.27. The molecule has 1 unspecified atom stereocenters. The first-order valence-electron chi connectivity index (χ1n) is 6.68. The molecule has 0 radical (unpaired) electrons. The molecule has 1 aromatic rings. The largest absolute Gasteiger partial charge is 0.339 e. The van der Waals surface area contributed by atoms with E-state index >= 15 is 0 Å². The van der Waals surface area contributed by atoms with Crippen LogP contribution in [0.4, 0.5) is 0 Å². The van der Waals surface area contributed by atoms with Crippen molar-refractivity contribution < 1.29 is 4.79 Å². The molecule has 1 aliphatic heterocycles. The van der Waals surface area contributed by atoms with E-state index < -0.39 is 0 Å². The maximum atomic E-state index is 12.5. The molecule has 104 valence electrons. The van der Waals surface area contributed by atoms with E-state index in [1.807, 2.05) is 36.9 Å². The van der Waals surface area contributed by atoms with E-state index in [4.69, 9.17) is 11.6 Å². The second-order valence-corrected chi connectivity index (χ2v) is 6.83. The molecule has 2 nitrogen and oxygen atoms in total. The minimum atomic E-state index is 0.118. The Labute approximate surface area is 128 Å². The first-order valence-corrected chi connectivity index (χ1v) is 7.91. The van der Waals surface area contributed by atoms with Crippen molar-refractivity contribution in [3.05, 3.63) is 33.8 Å². The molecule has 2 rings (SSSR count). The Kier molecular flexibility index (Phi) is 4.91. The number of carbonyl (C=O) groups excluding carboxylic acids is 1. The third kappa shape index (κ3) is 3.51. The second-order valence-electron chi connectivity index (χ2n) is 5.29. The van der Waals surface area contributed by atoms with Gasteiger partial charge in [-0.15, -0.1) is 11.6 Å². The van der Waals surface area contributed by atoms with Gasteiger partial charge >= 0.3 is 0 Å². The van der Waals surface area contributed by atoms with Gasteiger partial charge in [-0.1, -0.05) is 6.07 Å². The minimum absolute atomic E-state index is 0.118. The lowest BCUT2D eigenvalue weighted by atomic mass is 9.93. The SMILES string of the molecule is Cc1ccc(C(=O)N2CCC(C(C)Cl)CC2)c(Br)c1. The van der Waals surface area contributed by atoms with Crippen LogP contribution in [0.25, 0.3) is 0 Å². The van der Waals surface area contributed by atoms with Crippen molar-refractivity contribution in [3.63, 3.8) is 0 Å². The van der Waals surface area contributed by atoms with E-state index in [2.05, 4.69) is 15.9 Å². The van der Waals surface area contributed by atoms with Crippen molar-refractivity contribution in [2.24, 2.45) is 5.92 Å². The Morgan fingerprint density at radius 3 is 2.58 bits per heavy atom. The quantitative estimate of drug-likeness (QED) is 0.735. The van der Waals surface area contributed by atoms with Gasteiger partial charge in [-0.25, -0.2) is 0 Å². The standard InChI is InChI=1S/C15H19BrClNO/c1-10-3-4-13(14(16)9-10)15(19)18-7-5-12(6-8-18)11(2)17/h3-4,9,11-12H,5-8H2,1-2H3. The highest BCUT2D eigenvalue weighted by molar-refractivity contribution is 9.10. The van der Waals surface area contributed by atoms with Gasteiger partial charge < -0.3 is 4.90 Å². The maximum absolute atomic E-state index is 12.5. The fourth-order valence-electron chi connectivity index (χ4n) is 2.53.